The lowest BCUT2D eigenvalue weighted by molar-refractivity contribution is -0.148. The molecule has 222 valence electrons. The average Bonchev–Trinajstić information content (AvgIpc) is 2.91. The summed E-state index contributed by atoms with van der Waals surface area (Å²) in [6, 6.07) is 0. The van der Waals surface area contributed by atoms with E-state index in [-0.39, 0.29) is 6.29 Å². The van der Waals surface area contributed by atoms with Gasteiger partial charge in [0.15, 0.2) is 13.1 Å². The highest BCUT2D eigenvalue weighted by Crippen LogP contribution is 2.15. The number of ether oxygens (including phenoxy) is 4. The fourth-order valence-electron chi connectivity index (χ4n) is 4.53. The monoisotopic (exact) mass is 526 g/mol. The molecule has 0 aromatic rings. The molecule has 4 heteroatoms. The first-order valence-electron chi connectivity index (χ1n) is 16.4. The van der Waals surface area contributed by atoms with Crippen LogP contribution in [0.5, 0.6) is 0 Å². The standard InChI is InChI=1S/C33H66O4/c1-4-7-9-11-17-22-26-30-36-33(37-31-27-23-18-12-10-8-5-2)28-24-20-16-14-13-15-19-21-25-29-35-32-34-6-3/h25,29,33H,4-24,26-28,30-32H2,1-3H3. The van der Waals surface area contributed by atoms with E-state index in [2.05, 4.69) is 19.9 Å². The highest BCUT2D eigenvalue weighted by atomic mass is 16.7. The highest BCUT2D eigenvalue weighted by Gasteiger charge is 2.09. The molecule has 0 radical (unpaired) electrons. The molecule has 0 spiro atoms. The van der Waals surface area contributed by atoms with Gasteiger partial charge in [0.2, 0.25) is 0 Å². The Bertz CT molecular complexity index is 407. The second-order valence-corrected chi connectivity index (χ2v) is 10.6. The predicted octanol–water partition coefficient (Wildman–Crippen LogP) is 10.9. The Morgan fingerprint density at radius 3 is 1.49 bits per heavy atom. The summed E-state index contributed by atoms with van der Waals surface area (Å²) in [6.45, 7) is 9.33. The molecule has 0 N–H and O–H groups in total. The molecule has 0 aromatic carbocycles. The minimum Gasteiger partial charge on any atom is -0.475 e. The van der Waals surface area contributed by atoms with E-state index in [1.807, 2.05) is 6.92 Å². The van der Waals surface area contributed by atoms with E-state index in [0.29, 0.717) is 13.4 Å². The van der Waals surface area contributed by atoms with Gasteiger partial charge in [-0.2, -0.15) is 0 Å². The first-order valence-corrected chi connectivity index (χ1v) is 16.4. The molecule has 0 aliphatic carbocycles. The Morgan fingerprint density at radius 2 is 0.973 bits per heavy atom. The Morgan fingerprint density at radius 1 is 0.514 bits per heavy atom. The van der Waals surface area contributed by atoms with E-state index in [9.17, 15) is 0 Å². The normalized spacial score (nSPS) is 11.8. The van der Waals surface area contributed by atoms with Crippen LogP contribution in [0.4, 0.5) is 0 Å². The molecule has 0 atom stereocenters. The summed E-state index contributed by atoms with van der Waals surface area (Å²) in [4.78, 5) is 0. The van der Waals surface area contributed by atoms with E-state index in [0.717, 1.165) is 26.1 Å². The van der Waals surface area contributed by atoms with Gasteiger partial charge in [-0.05, 0) is 51.5 Å². The second kappa shape index (κ2) is 33.4. The second-order valence-electron chi connectivity index (χ2n) is 10.6. The van der Waals surface area contributed by atoms with Gasteiger partial charge < -0.3 is 18.9 Å². The van der Waals surface area contributed by atoms with Crippen LogP contribution in [-0.2, 0) is 18.9 Å². The number of rotatable bonds is 32. The summed E-state index contributed by atoms with van der Waals surface area (Å²) in [5.41, 5.74) is 0. The molecule has 0 aliphatic rings. The van der Waals surface area contributed by atoms with E-state index >= 15 is 0 Å². The third kappa shape index (κ3) is 31.5. The fourth-order valence-corrected chi connectivity index (χ4v) is 4.53. The van der Waals surface area contributed by atoms with Crippen LogP contribution in [0, 0.1) is 0 Å². The zero-order valence-corrected chi connectivity index (χ0v) is 25.5. The maximum absolute atomic E-state index is 6.20. The maximum Gasteiger partial charge on any atom is 0.188 e. The van der Waals surface area contributed by atoms with Gasteiger partial charge in [0, 0.05) is 19.8 Å². The van der Waals surface area contributed by atoms with Crippen molar-refractivity contribution < 1.29 is 18.9 Å². The van der Waals surface area contributed by atoms with Crippen LogP contribution in [0.1, 0.15) is 168 Å². The molecule has 0 amide bonds. The van der Waals surface area contributed by atoms with Crippen molar-refractivity contribution in [3.63, 3.8) is 0 Å². The molecule has 0 rings (SSSR count). The van der Waals surface area contributed by atoms with E-state index < -0.39 is 0 Å². The van der Waals surface area contributed by atoms with Gasteiger partial charge in [-0.1, -0.05) is 123 Å². The molecule has 0 heterocycles. The first kappa shape index (κ1) is 36.4. The number of unbranched alkanes of at least 4 members (excludes halogenated alkanes) is 19. The molecule has 0 aromatic heterocycles. The molecule has 0 unspecified atom stereocenters. The van der Waals surface area contributed by atoms with Crippen LogP contribution in [0.3, 0.4) is 0 Å². The predicted molar refractivity (Wildman–Crippen MR) is 160 cm³/mol. The fraction of sp³-hybridized carbons (Fsp3) is 0.939. The Hall–Kier alpha value is -0.580. The Kier molecular flexibility index (Phi) is 32.9. The van der Waals surface area contributed by atoms with Gasteiger partial charge in [-0.15, -0.1) is 0 Å². The minimum absolute atomic E-state index is 0.0110. The SMILES string of the molecule is CCCCCCCCCOC(CCCCCCCCCC=COCOCC)OCCCCCCCCC. The molecule has 0 aliphatic heterocycles. The van der Waals surface area contributed by atoms with Crippen LogP contribution >= 0.6 is 0 Å². The molecule has 0 saturated heterocycles. The van der Waals surface area contributed by atoms with Gasteiger partial charge >= 0.3 is 0 Å². The number of hydrogen-bond donors (Lipinski definition) is 0. The summed E-state index contributed by atoms with van der Waals surface area (Å²) in [5.74, 6) is 0. The van der Waals surface area contributed by atoms with Gasteiger partial charge in [-0.25, -0.2) is 0 Å². The van der Waals surface area contributed by atoms with E-state index in [4.69, 9.17) is 18.9 Å². The van der Waals surface area contributed by atoms with Crippen LogP contribution in [-0.4, -0.2) is 32.9 Å². The van der Waals surface area contributed by atoms with Crippen molar-refractivity contribution in [1.29, 1.82) is 0 Å². The average molecular weight is 527 g/mol. The van der Waals surface area contributed by atoms with Crippen molar-refractivity contribution in [3.8, 4) is 0 Å². The smallest absolute Gasteiger partial charge is 0.188 e. The van der Waals surface area contributed by atoms with Crippen molar-refractivity contribution in [3.05, 3.63) is 12.3 Å². The van der Waals surface area contributed by atoms with Crippen molar-refractivity contribution in [2.24, 2.45) is 0 Å². The van der Waals surface area contributed by atoms with Crippen molar-refractivity contribution in [2.45, 2.75) is 175 Å². The third-order valence-corrected chi connectivity index (χ3v) is 6.96. The number of allylic oxidation sites excluding steroid dienone is 1. The molecule has 0 fully saturated rings. The van der Waals surface area contributed by atoms with Gasteiger partial charge in [0.25, 0.3) is 0 Å². The number of hydrogen-bond acceptors (Lipinski definition) is 4. The topological polar surface area (TPSA) is 36.9 Å². The lowest BCUT2D eigenvalue weighted by atomic mass is 10.1. The lowest BCUT2D eigenvalue weighted by Gasteiger charge is -2.19. The summed E-state index contributed by atoms with van der Waals surface area (Å²) in [7, 11) is 0. The van der Waals surface area contributed by atoms with Gasteiger partial charge in [0.1, 0.15) is 0 Å². The van der Waals surface area contributed by atoms with Crippen molar-refractivity contribution in [1.82, 2.24) is 0 Å². The molecule has 4 nitrogen and oxygen atoms in total. The lowest BCUT2D eigenvalue weighted by Crippen LogP contribution is -2.19. The first-order chi connectivity index (χ1) is 18.3. The maximum atomic E-state index is 6.20. The molecule has 0 bridgehead atoms. The molecular formula is C33H66O4. The Labute approximate surface area is 232 Å². The summed E-state index contributed by atoms with van der Waals surface area (Å²) >= 11 is 0. The zero-order chi connectivity index (χ0) is 26.9. The third-order valence-electron chi connectivity index (χ3n) is 6.96. The van der Waals surface area contributed by atoms with Crippen LogP contribution < -0.4 is 0 Å². The quantitative estimate of drug-likeness (QED) is 0.0496. The molecular weight excluding hydrogens is 460 g/mol. The zero-order valence-electron chi connectivity index (χ0n) is 25.5. The van der Waals surface area contributed by atoms with Crippen LogP contribution in [0.25, 0.3) is 0 Å². The van der Waals surface area contributed by atoms with Crippen molar-refractivity contribution in [2.75, 3.05) is 26.6 Å². The van der Waals surface area contributed by atoms with Gasteiger partial charge in [-0.3, -0.25) is 0 Å². The van der Waals surface area contributed by atoms with Crippen molar-refractivity contribution >= 4 is 0 Å². The van der Waals surface area contributed by atoms with Crippen LogP contribution in [0.15, 0.2) is 12.3 Å². The molecule has 0 saturated carbocycles. The largest absolute Gasteiger partial charge is 0.475 e. The van der Waals surface area contributed by atoms with Crippen LogP contribution in [0.2, 0.25) is 0 Å². The van der Waals surface area contributed by atoms with E-state index in [1.54, 1.807) is 6.26 Å². The van der Waals surface area contributed by atoms with E-state index in [1.165, 1.54) is 135 Å². The molecule has 37 heavy (non-hydrogen) atoms. The summed E-state index contributed by atoms with van der Waals surface area (Å²) in [6.07, 6.45) is 33.7. The highest BCUT2D eigenvalue weighted by molar-refractivity contribution is 4.72. The van der Waals surface area contributed by atoms with Gasteiger partial charge in [0.05, 0.1) is 6.26 Å². The summed E-state index contributed by atoms with van der Waals surface area (Å²) < 4.78 is 22.8. The summed E-state index contributed by atoms with van der Waals surface area (Å²) in [5, 5.41) is 0. The Balaban J connectivity index is 3.83. The minimum atomic E-state index is 0.0110.